The molecular formula is C11H17N3O2S. The van der Waals surface area contributed by atoms with Crippen molar-refractivity contribution in [1.29, 1.82) is 0 Å². The number of nitrogens with zero attached hydrogens (tertiary/aromatic N) is 3. The molecule has 1 fully saturated rings. The van der Waals surface area contributed by atoms with E-state index in [1.807, 2.05) is 0 Å². The molecule has 2 heterocycles. The Morgan fingerprint density at radius 1 is 1.47 bits per heavy atom. The molecule has 5 nitrogen and oxygen atoms in total. The van der Waals surface area contributed by atoms with Crippen molar-refractivity contribution >= 4 is 10.0 Å². The van der Waals surface area contributed by atoms with Crippen molar-refractivity contribution < 1.29 is 8.42 Å². The zero-order chi connectivity index (χ0) is 12.3. The van der Waals surface area contributed by atoms with Crippen LogP contribution in [0, 0.1) is 5.92 Å². The lowest BCUT2D eigenvalue weighted by Crippen LogP contribution is -2.39. The second kappa shape index (κ2) is 5.10. The fourth-order valence-corrected chi connectivity index (χ4v) is 3.17. The fraction of sp³-hybridized carbons (Fsp3) is 0.636. The van der Waals surface area contributed by atoms with E-state index in [1.165, 1.54) is 6.26 Å². The van der Waals surface area contributed by atoms with Gasteiger partial charge in [0.15, 0.2) is 0 Å². The predicted octanol–water partition coefficient (Wildman–Crippen LogP) is 0.691. The molecule has 1 aliphatic rings. The molecule has 1 aromatic heterocycles. The minimum Gasteiger partial charge on any atom is -0.261 e. The molecule has 0 aliphatic carbocycles. The summed E-state index contributed by atoms with van der Waals surface area (Å²) in [6, 6.07) is 0. The van der Waals surface area contributed by atoms with Gasteiger partial charge in [-0.2, -0.15) is 0 Å². The lowest BCUT2D eigenvalue weighted by atomic mass is 9.95. The second-order valence-corrected chi connectivity index (χ2v) is 6.51. The maximum Gasteiger partial charge on any atom is 0.211 e. The second-order valence-electron chi connectivity index (χ2n) is 4.53. The van der Waals surface area contributed by atoms with Crippen LogP contribution in [-0.2, 0) is 16.4 Å². The predicted molar refractivity (Wildman–Crippen MR) is 64.9 cm³/mol. The highest BCUT2D eigenvalue weighted by atomic mass is 32.2. The van der Waals surface area contributed by atoms with Crippen LogP contribution in [0.25, 0.3) is 0 Å². The highest BCUT2D eigenvalue weighted by molar-refractivity contribution is 7.88. The van der Waals surface area contributed by atoms with Crippen molar-refractivity contribution in [3.63, 3.8) is 0 Å². The number of piperidine rings is 1. The molecular weight excluding hydrogens is 238 g/mol. The van der Waals surface area contributed by atoms with Crippen LogP contribution >= 0.6 is 0 Å². The van der Waals surface area contributed by atoms with Gasteiger partial charge < -0.3 is 0 Å². The number of aromatic nitrogens is 2. The Balaban J connectivity index is 1.99. The van der Waals surface area contributed by atoms with Crippen LogP contribution in [0.4, 0.5) is 0 Å². The van der Waals surface area contributed by atoms with Crippen LogP contribution in [-0.4, -0.2) is 42.0 Å². The SMILES string of the molecule is CS(=O)(=O)N1CCCC(Cc2cnccn2)C1. The third-order valence-electron chi connectivity index (χ3n) is 3.07. The zero-order valence-corrected chi connectivity index (χ0v) is 10.7. The summed E-state index contributed by atoms with van der Waals surface area (Å²) in [5, 5.41) is 0. The van der Waals surface area contributed by atoms with Gasteiger partial charge in [0.05, 0.1) is 11.9 Å². The zero-order valence-electron chi connectivity index (χ0n) is 9.91. The third kappa shape index (κ3) is 3.47. The minimum absolute atomic E-state index is 0.357. The van der Waals surface area contributed by atoms with Crippen molar-refractivity contribution in [2.24, 2.45) is 5.92 Å². The van der Waals surface area contributed by atoms with Crippen molar-refractivity contribution in [2.75, 3.05) is 19.3 Å². The topological polar surface area (TPSA) is 63.2 Å². The van der Waals surface area contributed by atoms with Crippen molar-refractivity contribution in [3.05, 3.63) is 24.3 Å². The van der Waals surface area contributed by atoms with Gasteiger partial charge in [-0.25, -0.2) is 12.7 Å². The first-order chi connectivity index (χ1) is 8.05. The average molecular weight is 255 g/mol. The van der Waals surface area contributed by atoms with E-state index in [4.69, 9.17) is 0 Å². The van der Waals surface area contributed by atoms with Gasteiger partial charge >= 0.3 is 0 Å². The molecule has 2 rings (SSSR count). The van der Waals surface area contributed by atoms with Crippen LogP contribution in [0.3, 0.4) is 0 Å². The third-order valence-corrected chi connectivity index (χ3v) is 4.33. The number of hydrogen-bond acceptors (Lipinski definition) is 4. The van der Waals surface area contributed by atoms with Gasteiger partial charge in [0.1, 0.15) is 0 Å². The molecule has 17 heavy (non-hydrogen) atoms. The molecule has 0 spiro atoms. The first kappa shape index (κ1) is 12.4. The molecule has 0 bridgehead atoms. The monoisotopic (exact) mass is 255 g/mol. The Hall–Kier alpha value is -1.01. The maximum atomic E-state index is 11.5. The molecule has 1 atom stereocenters. The molecule has 0 amide bonds. The molecule has 1 aliphatic heterocycles. The van der Waals surface area contributed by atoms with E-state index in [2.05, 4.69) is 9.97 Å². The van der Waals surface area contributed by atoms with Crippen LogP contribution in [0.15, 0.2) is 18.6 Å². The molecule has 0 N–H and O–H groups in total. The van der Waals surface area contributed by atoms with Crippen molar-refractivity contribution in [2.45, 2.75) is 19.3 Å². The lowest BCUT2D eigenvalue weighted by molar-refractivity contribution is 0.265. The molecule has 94 valence electrons. The maximum absolute atomic E-state index is 11.5. The molecule has 6 heteroatoms. The van der Waals surface area contributed by atoms with Gasteiger partial charge in [-0.3, -0.25) is 9.97 Å². The number of rotatable bonds is 3. The molecule has 0 saturated carbocycles. The summed E-state index contributed by atoms with van der Waals surface area (Å²) in [5.41, 5.74) is 0.938. The normalized spacial score (nSPS) is 22.5. The van der Waals surface area contributed by atoms with E-state index >= 15 is 0 Å². The molecule has 0 aromatic carbocycles. The lowest BCUT2D eigenvalue weighted by Gasteiger charge is -2.30. The van der Waals surface area contributed by atoms with E-state index in [0.717, 1.165) is 25.0 Å². The van der Waals surface area contributed by atoms with Gasteiger partial charge in [-0.05, 0) is 25.2 Å². The molecule has 1 unspecified atom stereocenters. The van der Waals surface area contributed by atoms with Crippen LogP contribution in [0.1, 0.15) is 18.5 Å². The van der Waals surface area contributed by atoms with E-state index in [1.54, 1.807) is 22.9 Å². The summed E-state index contributed by atoms with van der Waals surface area (Å²) in [6.45, 7) is 1.26. The number of hydrogen-bond donors (Lipinski definition) is 0. The summed E-state index contributed by atoms with van der Waals surface area (Å²) in [4.78, 5) is 8.25. The Kier molecular flexibility index (Phi) is 3.73. The van der Waals surface area contributed by atoms with Crippen molar-refractivity contribution in [1.82, 2.24) is 14.3 Å². The minimum atomic E-state index is -3.05. The Labute approximate surface area is 102 Å². The standard InChI is InChI=1S/C11H17N3O2S/c1-17(15,16)14-6-2-3-10(9-14)7-11-8-12-4-5-13-11/h4-5,8,10H,2-3,6-7,9H2,1H3. The highest BCUT2D eigenvalue weighted by Crippen LogP contribution is 2.21. The van der Waals surface area contributed by atoms with E-state index in [9.17, 15) is 8.42 Å². The van der Waals surface area contributed by atoms with Gasteiger partial charge in [0, 0.05) is 31.7 Å². The summed E-state index contributed by atoms with van der Waals surface area (Å²) in [5.74, 6) is 0.357. The summed E-state index contributed by atoms with van der Waals surface area (Å²) < 4.78 is 24.5. The van der Waals surface area contributed by atoms with E-state index < -0.39 is 10.0 Å². The Morgan fingerprint density at radius 3 is 2.94 bits per heavy atom. The quantitative estimate of drug-likeness (QED) is 0.797. The van der Waals surface area contributed by atoms with Gasteiger partial charge in [0.2, 0.25) is 10.0 Å². The smallest absolute Gasteiger partial charge is 0.211 e. The Bertz CT molecular complexity index is 461. The molecule has 0 radical (unpaired) electrons. The van der Waals surface area contributed by atoms with Gasteiger partial charge in [-0.15, -0.1) is 0 Å². The summed E-state index contributed by atoms with van der Waals surface area (Å²) >= 11 is 0. The first-order valence-electron chi connectivity index (χ1n) is 5.76. The van der Waals surface area contributed by atoms with E-state index in [-0.39, 0.29) is 0 Å². The van der Waals surface area contributed by atoms with E-state index in [0.29, 0.717) is 19.0 Å². The van der Waals surface area contributed by atoms with Crippen LogP contribution < -0.4 is 0 Å². The first-order valence-corrected chi connectivity index (χ1v) is 7.60. The van der Waals surface area contributed by atoms with Gasteiger partial charge in [-0.1, -0.05) is 0 Å². The highest BCUT2D eigenvalue weighted by Gasteiger charge is 2.26. The van der Waals surface area contributed by atoms with Crippen LogP contribution in [0.5, 0.6) is 0 Å². The van der Waals surface area contributed by atoms with Gasteiger partial charge in [0.25, 0.3) is 0 Å². The molecule has 1 aromatic rings. The largest absolute Gasteiger partial charge is 0.261 e. The molecule has 1 saturated heterocycles. The fourth-order valence-electron chi connectivity index (χ4n) is 2.23. The van der Waals surface area contributed by atoms with Crippen molar-refractivity contribution in [3.8, 4) is 0 Å². The average Bonchev–Trinajstić information content (AvgIpc) is 2.29. The summed E-state index contributed by atoms with van der Waals surface area (Å²) in [6.07, 6.45) is 9.14. The summed E-state index contributed by atoms with van der Waals surface area (Å²) in [7, 11) is -3.05. The Morgan fingerprint density at radius 2 is 2.29 bits per heavy atom. The number of sulfonamides is 1. The van der Waals surface area contributed by atoms with Crippen LogP contribution in [0.2, 0.25) is 0 Å².